The summed E-state index contributed by atoms with van der Waals surface area (Å²) >= 11 is 0. The number of rotatable bonds is 6. The van der Waals surface area contributed by atoms with Crippen LogP contribution in [0, 0.1) is 19.8 Å². The van der Waals surface area contributed by atoms with Gasteiger partial charge in [-0.25, -0.2) is 0 Å². The number of aromatic nitrogens is 1. The van der Waals surface area contributed by atoms with Crippen molar-refractivity contribution in [2.24, 2.45) is 5.92 Å². The highest BCUT2D eigenvalue weighted by Gasteiger charge is 2.47. The van der Waals surface area contributed by atoms with E-state index in [1.165, 1.54) is 4.90 Å². The Morgan fingerprint density at radius 2 is 1.76 bits per heavy atom. The number of nitrogens with zero attached hydrogens (tertiary/aromatic N) is 1. The van der Waals surface area contributed by atoms with Gasteiger partial charge in [0.05, 0.1) is 18.2 Å². The number of fused-ring (bicyclic) bond motifs is 1. The molecule has 6 heteroatoms. The summed E-state index contributed by atoms with van der Waals surface area (Å²) < 4.78 is 5.88. The molecule has 0 bridgehead atoms. The lowest BCUT2D eigenvalue weighted by Gasteiger charge is -2.25. The Hall–Kier alpha value is -4.32. The minimum Gasteiger partial charge on any atom is -0.507 e. The molecule has 1 atom stereocenters. The van der Waals surface area contributed by atoms with Crippen LogP contribution in [0.1, 0.15) is 42.1 Å². The molecule has 4 aromatic rings. The first-order valence-electron chi connectivity index (χ1n) is 12.4. The van der Waals surface area contributed by atoms with Crippen molar-refractivity contribution in [3.05, 3.63) is 101 Å². The van der Waals surface area contributed by atoms with Gasteiger partial charge in [-0.2, -0.15) is 0 Å². The molecule has 6 nitrogen and oxygen atoms in total. The van der Waals surface area contributed by atoms with Crippen LogP contribution in [0.2, 0.25) is 0 Å². The maximum Gasteiger partial charge on any atom is 0.300 e. The largest absolute Gasteiger partial charge is 0.507 e. The number of anilines is 1. The lowest BCUT2D eigenvalue weighted by Crippen LogP contribution is -2.29. The molecule has 1 fully saturated rings. The van der Waals surface area contributed by atoms with Gasteiger partial charge in [-0.3, -0.25) is 14.5 Å². The number of para-hydroxylation sites is 1. The highest BCUT2D eigenvalue weighted by atomic mass is 16.5. The first-order valence-corrected chi connectivity index (χ1v) is 12.4. The average Bonchev–Trinajstić information content (AvgIpc) is 3.42. The summed E-state index contributed by atoms with van der Waals surface area (Å²) in [4.78, 5) is 31.7. The summed E-state index contributed by atoms with van der Waals surface area (Å²) in [6.07, 6.45) is 1.81. The van der Waals surface area contributed by atoms with Crippen molar-refractivity contribution in [3.8, 4) is 5.75 Å². The SMILES string of the molecule is Cc1ccc(N2C(=O)C(=O)/C(=C(/O)c3ccc(OCC(C)C)c(C)c3)C2c2c[nH]c3ccccc23)cc1. The van der Waals surface area contributed by atoms with E-state index in [-0.39, 0.29) is 11.3 Å². The zero-order valence-corrected chi connectivity index (χ0v) is 21.4. The molecule has 1 aliphatic rings. The predicted octanol–water partition coefficient (Wildman–Crippen LogP) is 6.45. The van der Waals surface area contributed by atoms with Crippen molar-refractivity contribution >= 4 is 34.0 Å². The summed E-state index contributed by atoms with van der Waals surface area (Å²) in [5.74, 6) is -0.498. The molecule has 1 aromatic heterocycles. The van der Waals surface area contributed by atoms with Crippen molar-refractivity contribution < 1.29 is 19.4 Å². The topological polar surface area (TPSA) is 82.6 Å². The smallest absolute Gasteiger partial charge is 0.300 e. The molecule has 5 rings (SSSR count). The lowest BCUT2D eigenvalue weighted by atomic mass is 9.94. The quantitative estimate of drug-likeness (QED) is 0.183. The monoisotopic (exact) mass is 494 g/mol. The standard InChI is InChI=1S/C31H30N2O4/c1-18(2)17-37-26-14-11-21(15-20(26)4)29(34)27-28(24-16-32-25-8-6-5-7-23(24)25)33(31(36)30(27)35)22-12-9-19(3)10-13-22/h5-16,18,28,32,34H,17H2,1-4H3/b29-27+. The van der Waals surface area contributed by atoms with Gasteiger partial charge < -0.3 is 14.8 Å². The highest BCUT2D eigenvalue weighted by Crippen LogP contribution is 2.44. The molecule has 0 spiro atoms. The molecule has 3 aromatic carbocycles. The third-order valence-corrected chi connectivity index (χ3v) is 6.69. The summed E-state index contributed by atoms with van der Waals surface area (Å²) in [6, 6.07) is 19.7. The Balaban J connectivity index is 1.68. The number of aryl methyl sites for hydroxylation is 2. The average molecular weight is 495 g/mol. The number of aliphatic hydroxyl groups is 1. The van der Waals surface area contributed by atoms with Crippen LogP contribution >= 0.6 is 0 Å². The summed E-state index contributed by atoms with van der Waals surface area (Å²) in [5.41, 5.74) is 4.61. The summed E-state index contributed by atoms with van der Waals surface area (Å²) in [6.45, 7) is 8.59. The fourth-order valence-electron chi connectivity index (χ4n) is 4.79. The Labute approximate surface area is 216 Å². The number of aliphatic hydroxyl groups excluding tert-OH is 1. The van der Waals surface area contributed by atoms with Crippen molar-refractivity contribution in [2.45, 2.75) is 33.7 Å². The molecule has 2 N–H and O–H groups in total. The second-order valence-electron chi connectivity index (χ2n) is 9.98. The number of carbonyl (C=O) groups excluding carboxylic acids is 2. The molecule has 37 heavy (non-hydrogen) atoms. The number of Topliss-reactive ketones (excluding diaryl/α,β-unsaturated/α-hetero) is 1. The molecule has 188 valence electrons. The maximum absolute atomic E-state index is 13.5. The van der Waals surface area contributed by atoms with Gasteiger partial charge >= 0.3 is 0 Å². The van der Waals surface area contributed by atoms with E-state index in [2.05, 4.69) is 18.8 Å². The van der Waals surface area contributed by atoms with Crippen molar-refractivity contribution in [3.63, 3.8) is 0 Å². The Bertz CT molecular complexity index is 1530. The summed E-state index contributed by atoms with van der Waals surface area (Å²) in [7, 11) is 0. The van der Waals surface area contributed by atoms with Crippen LogP contribution in [0.4, 0.5) is 5.69 Å². The number of benzene rings is 3. The van der Waals surface area contributed by atoms with E-state index >= 15 is 0 Å². The normalized spacial score (nSPS) is 17.2. The minimum absolute atomic E-state index is 0.0607. The Morgan fingerprint density at radius 3 is 2.46 bits per heavy atom. The van der Waals surface area contributed by atoms with Crippen molar-refractivity contribution in [2.75, 3.05) is 11.5 Å². The van der Waals surface area contributed by atoms with Crippen LogP contribution in [0.15, 0.2) is 78.5 Å². The van der Waals surface area contributed by atoms with Crippen LogP contribution in [0.3, 0.4) is 0 Å². The number of hydrogen-bond acceptors (Lipinski definition) is 4. The highest BCUT2D eigenvalue weighted by molar-refractivity contribution is 6.51. The molecule has 1 saturated heterocycles. The number of aromatic amines is 1. The second kappa shape index (κ2) is 9.62. The summed E-state index contributed by atoms with van der Waals surface area (Å²) in [5, 5.41) is 12.4. The predicted molar refractivity (Wildman–Crippen MR) is 146 cm³/mol. The molecule has 0 radical (unpaired) electrons. The van der Waals surface area contributed by atoms with E-state index in [0.717, 1.165) is 33.3 Å². The molecule has 1 aliphatic heterocycles. The van der Waals surface area contributed by atoms with E-state index in [1.54, 1.807) is 18.2 Å². The van der Waals surface area contributed by atoms with Crippen LogP contribution in [-0.4, -0.2) is 28.4 Å². The van der Waals surface area contributed by atoms with Gasteiger partial charge in [-0.15, -0.1) is 0 Å². The van der Waals surface area contributed by atoms with Crippen LogP contribution < -0.4 is 9.64 Å². The number of ketones is 1. The molecule has 0 saturated carbocycles. The Kier molecular flexibility index (Phi) is 6.34. The van der Waals surface area contributed by atoms with Gasteiger partial charge in [-0.1, -0.05) is 49.7 Å². The molecule has 2 heterocycles. The number of H-pyrrole nitrogens is 1. The van der Waals surface area contributed by atoms with E-state index in [9.17, 15) is 14.7 Å². The van der Waals surface area contributed by atoms with Gasteiger partial charge in [0, 0.05) is 33.9 Å². The van der Waals surface area contributed by atoms with Gasteiger partial charge in [0.2, 0.25) is 0 Å². The number of carbonyl (C=O) groups is 2. The van der Waals surface area contributed by atoms with E-state index < -0.39 is 17.7 Å². The fraction of sp³-hybridized carbons (Fsp3) is 0.226. The second-order valence-corrected chi connectivity index (χ2v) is 9.98. The Morgan fingerprint density at radius 1 is 1.03 bits per heavy atom. The zero-order chi connectivity index (χ0) is 26.3. The van der Waals surface area contributed by atoms with Crippen molar-refractivity contribution in [1.29, 1.82) is 0 Å². The minimum atomic E-state index is -0.795. The lowest BCUT2D eigenvalue weighted by molar-refractivity contribution is -0.132. The van der Waals surface area contributed by atoms with E-state index in [1.807, 2.05) is 68.6 Å². The molecule has 0 aliphatic carbocycles. The van der Waals surface area contributed by atoms with Crippen LogP contribution in [-0.2, 0) is 9.59 Å². The van der Waals surface area contributed by atoms with E-state index in [4.69, 9.17) is 4.74 Å². The third kappa shape index (κ3) is 4.40. The first kappa shape index (κ1) is 24.4. The number of amides is 1. The van der Waals surface area contributed by atoms with E-state index in [0.29, 0.717) is 23.8 Å². The van der Waals surface area contributed by atoms with Crippen LogP contribution in [0.5, 0.6) is 5.75 Å². The number of nitrogens with one attached hydrogen (secondary N) is 1. The molecular weight excluding hydrogens is 464 g/mol. The van der Waals surface area contributed by atoms with Gasteiger partial charge in [0.1, 0.15) is 11.5 Å². The molecule has 1 unspecified atom stereocenters. The van der Waals surface area contributed by atoms with Crippen molar-refractivity contribution in [1.82, 2.24) is 4.98 Å². The molecular formula is C31H30N2O4. The first-order chi connectivity index (χ1) is 17.8. The number of ether oxygens (including phenoxy) is 1. The maximum atomic E-state index is 13.5. The van der Waals surface area contributed by atoms with Crippen LogP contribution in [0.25, 0.3) is 16.7 Å². The van der Waals surface area contributed by atoms with Gasteiger partial charge in [0.25, 0.3) is 11.7 Å². The van der Waals surface area contributed by atoms with Gasteiger partial charge in [-0.05, 0) is 61.7 Å². The zero-order valence-electron chi connectivity index (χ0n) is 21.4. The fourth-order valence-corrected chi connectivity index (χ4v) is 4.79. The van der Waals surface area contributed by atoms with Gasteiger partial charge in [0.15, 0.2) is 0 Å². The molecule has 1 amide bonds. The third-order valence-electron chi connectivity index (χ3n) is 6.69. The number of hydrogen-bond donors (Lipinski definition) is 2.